The highest BCUT2D eigenvalue weighted by atomic mass is 35.5. The van der Waals surface area contributed by atoms with E-state index in [0.717, 1.165) is 47.2 Å². The molecule has 0 unspecified atom stereocenters. The minimum absolute atomic E-state index is 0.00178. The number of thioether (sulfide) groups is 1. The number of para-hydroxylation sites is 1. The van der Waals surface area contributed by atoms with Gasteiger partial charge in [-0.1, -0.05) is 59.8 Å². The number of amides is 1. The number of hydrogen-bond donors (Lipinski definition) is 2. The second-order valence-electron chi connectivity index (χ2n) is 9.73. The Labute approximate surface area is 231 Å². The Morgan fingerprint density at radius 1 is 0.974 bits per heavy atom. The summed E-state index contributed by atoms with van der Waals surface area (Å²) < 4.78 is 0. The summed E-state index contributed by atoms with van der Waals surface area (Å²) in [6.07, 6.45) is 6.18. The highest BCUT2D eigenvalue weighted by Crippen LogP contribution is 2.34. The van der Waals surface area contributed by atoms with Gasteiger partial charge in [-0.05, 0) is 72.4 Å². The number of fused-ring (bicyclic) bond motifs is 2. The Morgan fingerprint density at radius 3 is 2.63 bits per heavy atom. The Hall–Kier alpha value is -3.39. The van der Waals surface area contributed by atoms with E-state index >= 15 is 0 Å². The lowest BCUT2D eigenvalue weighted by molar-refractivity contribution is -0.120. The number of anilines is 3. The quantitative estimate of drug-likeness (QED) is 0.277. The molecule has 192 valence electrons. The van der Waals surface area contributed by atoms with Gasteiger partial charge in [0.1, 0.15) is 0 Å². The molecule has 3 aromatic carbocycles. The van der Waals surface area contributed by atoms with E-state index in [2.05, 4.69) is 61.9 Å². The van der Waals surface area contributed by atoms with Gasteiger partial charge >= 0.3 is 0 Å². The van der Waals surface area contributed by atoms with Crippen molar-refractivity contribution >= 4 is 46.3 Å². The summed E-state index contributed by atoms with van der Waals surface area (Å²) in [4.78, 5) is 24.7. The number of nitrogens with one attached hydrogen (secondary N) is 2. The van der Waals surface area contributed by atoms with E-state index in [9.17, 15) is 4.79 Å². The summed E-state index contributed by atoms with van der Waals surface area (Å²) in [5.74, 6) is -0.00178. The van der Waals surface area contributed by atoms with Gasteiger partial charge in [-0.3, -0.25) is 9.69 Å². The third-order valence-electron chi connectivity index (χ3n) is 7.08. The van der Waals surface area contributed by atoms with Gasteiger partial charge in [0, 0.05) is 52.8 Å². The molecule has 0 bridgehead atoms. The molecule has 3 heterocycles. The lowest BCUT2D eigenvalue weighted by Crippen LogP contribution is -2.39. The maximum absolute atomic E-state index is 13.7. The number of hydrogen-bond acceptors (Lipinski definition) is 6. The molecule has 2 aliphatic heterocycles. The lowest BCUT2D eigenvalue weighted by Gasteiger charge is -2.24. The smallest absolute Gasteiger partial charge is 0.241 e. The molecular weight excluding hydrogens is 514 g/mol. The fraction of sp³-hybridized carbons (Fsp3) is 0.233. The third-order valence-corrected chi connectivity index (χ3v) is 8.42. The van der Waals surface area contributed by atoms with Gasteiger partial charge in [0.2, 0.25) is 5.91 Å². The second-order valence-corrected chi connectivity index (χ2v) is 11.4. The van der Waals surface area contributed by atoms with Gasteiger partial charge in [-0.2, -0.15) is 0 Å². The van der Waals surface area contributed by atoms with Crippen molar-refractivity contribution < 1.29 is 4.79 Å². The van der Waals surface area contributed by atoms with Crippen LogP contribution in [0, 0.1) is 0 Å². The van der Waals surface area contributed by atoms with Gasteiger partial charge in [0.05, 0.1) is 6.04 Å². The lowest BCUT2D eigenvalue weighted by atomic mass is 10.0. The van der Waals surface area contributed by atoms with Crippen molar-refractivity contribution in [1.29, 1.82) is 0 Å². The maximum Gasteiger partial charge on any atom is 0.241 e. The molecule has 1 fully saturated rings. The van der Waals surface area contributed by atoms with Crippen LogP contribution in [0.3, 0.4) is 0 Å². The van der Waals surface area contributed by atoms with E-state index in [-0.39, 0.29) is 17.2 Å². The molecule has 6 rings (SSSR count). The van der Waals surface area contributed by atoms with Crippen molar-refractivity contribution in [3.63, 3.8) is 0 Å². The van der Waals surface area contributed by atoms with Crippen LogP contribution < -0.4 is 10.6 Å². The third kappa shape index (κ3) is 5.70. The normalized spacial score (nSPS) is 18.7. The molecule has 1 saturated heterocycles. The molecule has 2 aliphatic rings. The predicted molar refractivity (Wildman–Crippen MR) is 154 cm³/mol. The molecule has 6 nitrogen and oxygen atoms in total. The molecule has 1 amide bonds. The fourth-order valence-electron chi connectivity index (χ4n) is 5.25. The zero-order valence-corrected chi connectivity index (χ0v) is 22.4. The molecule has 0 radical (unpaired) electrons. The largest absolute Gasteiger partial charge is 0.355 e. The summed E-state index contributed by atoms with van der Waals surface area (Å²) in [7, 11) is 0. The Bertz CT molecular complexity index is 1450. The minimum Gasteiger partial charge on any atom is -0.355 e. The van der Waals surface area contributed by atoms with Gasteiger partial charge in [-0.25, -0.2) is 9.97 Å². The number of aromatic nitrogens is 2. The van der Waals surface area contributed by atoms with Crippen LogP contribution in [0.2, 0.25) is 5.02 Å². The van der Waals surface area contributed by atoms with Crippen molar-refractivity contribution in [2.75, 3.05) is 17.2 Å². The molecule has 1 aromatic heterocycles. The van der Waals surface area contributed by atoms with Crippen molar-refractivity contribution in [3.8, 4) is 0 Å². The minimum atomic E-state index is -0.275. The van der Waals surface area contributed by atoms with Crippen LogP contribution >= 0.6 is 23.4 Å². The van der Waals surface area contributed by atoms with Crippen molar-refractivity contribution in [3.05, 3.63) is 107 Å². The van der Waals surface area contributed by atoms with Crippen LogP contribution in [0.25, 0.3) is 0 Å². The number of halogens is 1. The first-order chi connectivity index (χ1) is 18.6. The number of rotatable bonds is 6. The average molecular weight is 542 g/mol. The number of benzene rings is 3. The highest BCUT2D eigenvalue weighted by Gasteiger charge is 2.37. The van der Waals surface area contributed by atoms with Crippen molar-refractivity contribution in [2.24, 2.45) is 0 Å². The predicted octanol–water partition coefficient (Wildman–Crippen LogP) is 6.35. The van der Waals surface area contributed by atoms with Crippen LogP contribution in [0.15, 0.2) is 90.3 Å². The first-order valence-corrected chi connectivity index (χ1v) is 14.1. The molecular formula is C30H28ClN5OS. The summed E-state index contributed by atoms with van der Waals surface area (Å²) in [5.41, 5.74) is 6.62. The van der Waals surface area contributed by atoms with Crippen LogP contribution in [-0.2, 0) is 24.2 Å². The Morgan fingerprint density at radius 2 is 1.79 bits per heavy atom. The Kier molecular flexibility index (Phi) is 7.31. The van der Waals surface area contributed by atoms with Gasteiger partial charge in [0.25, 0.3) is 0 Å². The second kappa shape index (κ2) is 11.2. The molecule has 8 heteroatoms. The molecule has 0 spiro atoms. The number of carbonyl (C=O) groups is 1. The van der Waals surface area contributed by atoms with Gasteiger partial charge in [0.15, 0.2) is 5.16 Å². The Balaban J connectivity index is 1.20. The van der Waals surface area contributed by atoms with Crippen LogP contribution in [0.5, 0.6) is 0 Å². The number of carbonyl (C=O) groups excluding carboxylic acids is 1. The summed E-state index contributed by atoms with van der Waals surface area (Å²) in [6, 6.07) is 24.0. The van der Waals surface area contributed by atoms with E-state index in [1.807, 2.05) is 36.4 Å². The fourth-order valence-corrected chi connectivity index (χ4v) is 6.55. The molecule has 0 saturated carbocycles. The molecule has 4 aromatic rings. The van der Waals surface area contributed by atoms with E-state index < -0.39 is 0 Å². The first kappa shape index (κ1) is 24.9. The van der Waals surface area contributed by atoms with E-state index in [4.69, 9.17) is 11.6 Å². The van der Waals surface area contributed by atoms with Crippen LogP contribution in [0.4, 0.5) is 17.1 Å². The summed E-state index contributed by atoms with van der Waals surface area (Å²) in [5, 5.41) is 8.42. The van der Waals surface area contributed by atoms with E-state index in [1.54, 1.807) is 24.2 Å². The number of nitrogens with zero attached hydrogens (tertiary/aromatic N) is 3. The topological polar surface area (TPSA) is 70.1 Å². The first-order valence-electron chi connectivity index (χ1n) is 12.8. The monoisotopic (exact) mass is 541 g/mol. The summed E-state index contributed by atoms with van der Waals surface area (Å²) >= 11 is 7.88. The standard InChI is InChI=1S/C30H28ClN5OS/c31-23-7-3-5-20(15-23)18-36-19-25(38-30-32-13-4-14-33-30)17-28(36)29(37)34-24-12-11-22-10-9-21-6-1-2-8-26(21)35-27(22)16-24/h1-8,11-16,25,28,35H,9-10,17-19H2,(H,34,37)/t25-,28-/m0/s1. The SMILES string of the molecule is O=C(Nc1ccc2c(c1)Nc1ccccc1CC2)[C@@H]1C[C@H](Sc2ncccn2)CN1Cc1cccc(Cl)c1. The number of likely N-dealkylation sites (tertiary alicyclic amines) is 1. The summed E-state index contributed by atoms with van der Waals surface area (Å²) in [6.45, 7) is 1.41. The molecule has 2 N–H and O–H groups in total. The number of aryl methyl sites for hydroxylation is 2. The zero-order valence-electron chi connectivity index (χ0n) is 20.8. The van der Waals surface area contributed by atoms with Crippen LogP contribution in [0.1, 0.15) is 23.1 Å². The van der Waals surface area contributed by atoms with Crippen LogP contribution in [-0.4, -0.2) is 38.6 Å². The zero-order chi connectivity index (χ0) is 25.9. The van der Waals surface area contributed by atoms with E-state index in [0.29, 0.717) is 18.0 Å². The van der Waals surface area contributed by atoms with Crippen molar-refractivity contribution in [1.82, 2.24) is 14.9 Å². The van der Waals surface area contributed by atoms with Gasteiger partial charge in [-0.15, -0.1) is 0 Å². The molecule has 0 aliphatic carbocycles. The average Bonchev–Trinajstić information content (AvgIpc) is 3.21. The maximum atomic E-state index is 13.7. The molecule has 38 heavy (non-hydrogen) atoms. The van der Waals surface area contributed by atoms with Crippen molar-refractivity contribution in [2.45, 2.75) is 42.3 Å². The van der Waals surface area contributed by atoms with Gasteiger partial charge < -0.3 is 10.6 Å². The highest BCUT2D eigenvalue weighted by molar-refractivity contribution is 7.99. The molecule has 2 atom stereocenters. The van der Waals surface area contributed by atoms with E-state index in [1.165, 1.54) is 11.1 Å².